The zero-order valence-corrected chi connectivity index (χ0v) is 18.5. The van der Waals surface area contributed by atoms with Crippen LogP contribution in [0.15, 0.2) is 0 Å². The Morgan fingerprint density at radius 1 is 0.938 bits per heavy atom. The van der Waals surface area contributed by atoms with Crippen LogP contribution < -0.4 is 33.2 Å². The minimum atomic E-state index is -1.45. The highest BCUT2D eigenvalue weighted by Crippen LogP contribution is 2.10. The van der Waals surface area contributed by atoms with Gasteiger partial charge in [0.05, 0.1) is 19.1 Å². The van der Waals surface area contributed by atoms with E-state index < -0.39 is 66.8 Å². The molecule has 0 aliphatic rings. The van der Waals surface area contributed by atoms with E-state index in [2.05, 4.69) is 16.0 Å². The summed E-state index contributed by atoms with van der Waals surface area (Å²) in [6, 6.07) is -5.03. The summed E-state index contributed by atoms with van der Waals surface area (Å²) in [5, 5.41) is 25.9. The first-order valence-corrected chi connectivity index (χ1v) is 10.5. The Bertz CT molecular complexity index is 660. The van der Waals surface area contributed by atoms with Crippen LogP contribution in [0.3, 0.4) is 0 Å². The number of aliphatic hydroxyl groups is 1. The Morgan fingerprint density at radius 3 is 1.97 bits per heavy atom. The monoisotopic (exact) mass is 460 g/mol. The molecule has 11 N–H and O–H groups in total. The number of aliphatic carboxylic acids is 1. The summed E-state index contributed by atoms with van der Waals surface area (Å²) in [4.78, 5) is 59.7. The molecule has 0 saturated carbocycles. The number of nitrogens with one attached hydrogen (secondary N) is 3. The van der Waals surface area contributed by atoms with Crippen LogP contribution in [0.4, 0.5) is 0 Å². The maximum atomic E-state index is 12.7. The Kier molecular flexibility index (Phi) is 13.8. The SMILES string of the molecule is CCC(C)C(NC(=O)C(CCCCN)NC(=O)C(CO)NC(=O)C(N)CC(N)=O)C(=O)O. The lowest BCUT2D eigenvalue weighted by Gasteiger charge is -2.26. The molecule has 4 amide bonds. The van der Waals surface area contributed by atoms with Crippen molar-refractivity contribution in [3.8, 4) is 0 Å². The van der Waals surface area contributed by atoms with Gasteiger partial charge in [0, 0.05) is 0 Å². The molecule has 0 fully saturated rings. The van der Waals surface area contributed by atoms with Crippen molar-refractivity contribution in [3.63, 3.8) is 0 Å². The summed E-state index contributed by atoms with van der Waals surface area (Å²) in [5.74, 6) is -4.85. The van der Waals surface area contributed by atoms with E-state index >= 15 is 0 Å². The average Bonchev–Trinajstić information content (AvgIpc) is 2.73. The molecule has 0 heterocycles. The van der Waals surface area contributed by atoms with Crippen LogP contribution in [-0.4, -0.2) is 77.1 Å². The Balaban J connectivity index is 5.33. The number of hydrogen-bond donors (Lipinski definition) is 8. The number of carbonyl (C=O) groups is 5. The number of carboxylic acid groups (broad SMARTS) is 1. The van der Waals surface area contributed by atoms with Crippen LogP contribution in [0, 0.1) is 5.92 Å². The molecule has 184 valence electrons. The fourth-order valence-corrected chi connectivity index (χ4v) is 2.75. The molecule has 5 unspecified atom stereocenters. The van der Waals surface area contributed by atoms with E-state index in [1.54, 1.807) is 13.8 Å². The molecular formula is C19H36N6O7. The maximum Gasteiger partial charge on any atom is 0.326 e. The second-order valence-corrected chi connectivity index (χ2v) is 7.58. The number of aliphatic hydroxyl groups excluding tert-OH is 1. The summed E-state index contributed by atoms with van der Waals surface area (Å²) in [5.41, 5.74) is 16.0. The molecule has 0 rings (SSSR count). The lowest BCUT2D eigenvalue weighted by atomic mass is 9.98. The largest absolute Gasteiger partial charge is 0.480 e. The van der Waals surface area contributed by atoms with E-state index in [9.17, 15) is 34.2 Å². The minimum Gasteiger partial charge on any atom is -0.480 e. The molecule has 13 nitrogen and oxygen atoms in total. The van der Waals surface area contributed by atoms with Crippen molar-refractivity contribution in [2.24, 2.45) is 23.1 Å². The van der Waals surface area contributed by atoms with Gasteiger partial charge >= 0.3 is 5.97 Å². The first kappa shape index (κ1) is 29.2. The molecule has 0 spiro atoms. The fraction of sp³-hybridized carbons (Fsp3) is 0.737. The van der Waals surface area contributed by atoms with Crippen molar-refractivity contribution < 1.29 is 34.2 Å². The van der Waals surface area contributed by atoms with Crippen molar-refractivity contribution in [2.45, 2.75) is 70.1 Å². The van der Waals surface area contributed by atoms with Crippen LogP contribution in [0.5, 0.6) is 0 Å². The first-order valence-electron chi connectivity index (χ1n) is 10.5. The number of carboxylic acids is 1. The van der Waals surface area contributed by atoms with Gasteiger partial charge in [-0.15, -0.1) is 0 Å². The summed E-state index contributed by atoms with van der Waals surface area (Å²) in [6.45, 7) is 3.01. The van der Waals surface area contributed by atoms with Gasteiger partial charge in [-0.25, -0.2) is 4.79 Å². The van der Waals surface area contributed by atoms with E-state index in [1.165, 1.54) is 0 Å². The Morgan fingerprint density at radius 2 is 1.50 bits per heavy atom. The van der Waals surface area contributed by atoms with Crippen LogP contribution in [0.25, 0.3) is 0 Å². The molecule has 0 saturated heterocycles. The molecule has 5 atom stereocenters. The van der Waals surface area contributed by atoms with Crippen LogP contribution in [-0.2, 0) is 24.0 Å². The number of hydrogen-bond acceptors (Lipinski definition) is 8. The minimum absolute atomic E-state index is 0.162. The van der Waals surface area contributed by atoms with Crippen molar-refractivity contribution in [1.29, 1.82) is 0 Å². The lowest BCUT2D eigenvalue weighted by molar-refractivity contribution is -0.144. The number of nitrogens with two attached hydrogens (primary N) is 3. The predicted molar refractivity (Wildman–Crippen MR) is 115 cm³/mol. The lowest BCUT2D eigenvalue weighted by Crippen LogP contribution is -2.58. The molecule has 0 aliphatic heterocycles. The third kappa shape index (κ3) is 10.5. The molecule has 32 heavy (non-hydrogen) atoms. The summed E-state index contributed by atoms with van der Waals surface area (Å²) < 4.78 is 0. The molecule has 13 heteroatoms. The number of primary amides is 1. The highest BCUT2D eigenvalue weighted by molar-refractivity contribution is 5.95. The standard InChI is InChI=1S/C19H36N6O7/c1-3-10(2)15(19(31)32)25-17(29)12(6-4-5-7-20)23-18(30)13(9-26)24-16(28)11(21)8-14(22)27/h10-13,15,26H,3-9,20-21H2,1-2H3,(H2,22,27)(H,23,30)(H,24,28)(H,25,29)(H,31,32). The van der Waals surface area contributed by atoms with Gasteiger partial charge in [0.25, 0.3) is 0 Å². The second-order valence-electron chi connectivity index (χ2n) is 7.58. The van der Waals surface area contributed by atoms with Gasteiger partial charge < -0.3 is 43.4 Å². The third-order valence-electron chi connectivity index (χ3n) is 4.93. The van der Waals surface area contributed by atoms with Gasteiger partial charge in [0.2, 0.25) is 23.6 Å². The molecule has 0 bridgehead atoms. The van der Waals surface area contributed by atoms with Gasteiger partial charge in [-0.05, 0) is 31.7 Å². The van der Waals surface area contributed by atoms with Gasteiger partial charge in [-0.3, -0.25) is 19.2 Å². The molecule has 0 aromatic carbocycles. The predicted octanol–water partition coefficient (Wildman–Crippen LogP) is -3.10. The zero-order valence-electron chi connectivity index (χ0n) is 18.5. The summed E-state index contributed by atoms with van der Waals surface area (Å²) in [6.07, 6.45) is 1.24. The van der Waals surface area contributed by atoms with E-state index in [4.69, 9.17) is 17.2 Å². The quantitative estimate of drug-likeness (QED) is 0.109. The summed E-state index contributed by atoms with van der Waals surface area (Å²) >= 11 is 0. The van der Waals surface area contributed by atoms with E-state index in [-0.39, 0.29) is 12.3 Å². The van der Waals surface area contributed by atoms with Gasteiger partial charge in [0.1, 0.15) is 18.1 Å². The molecule has 0 aliphatic carbocycles. The molecule has 0 aromatic rings. The molecule has 0 radical (unpaired) electrons. The Labute approximate surface area is 186 Å². The zero-order chi connectivity index (χ0) is 24.8. The smallest absolute Gasteiger partial charge is 0.326 e. The Hall–Kier alpha value is -2.77. The number of carbonyl (C=O) groups excluding carboxylic acids is 4. The number of unbranched alkanes of at least 4 members (excludes halogenated alkanes) is 1. The van der Waals surface area contributed by atoms with E-state index in [0.717, 1.165) is 0 Å². The topological polar surface area (TPSA) is 240 Å². The van der Waals surface area contributed by atoms with Gasteiger partial charge in [0.15, 0.2) is 0 Å². The van der Waals surface area contributed by atoms with Gasteiger partial charge in [-0.2, -0.15) is 0 Å². The van der Waals surface area contributed by atoms with E-state index in [1.807, 2.05) is 0 Å². The maximum absolute atomic E-state index is 12.7. The molecule has 0 aromatic heterocycles. The molecular weight excluding hydrogens is 424 g/mol. The average molecular weight is 461 g/mol. The highest BCUT2D eigenvalue weighted by Gasteiger charge is 2.31. The van der Waals surface area contributed by atoms with Crippen LogP contribution in [0.2, 0.25) is 0 Å². The normalized spacial score (nSPS) is 15.5. The van der Waals surface area contributed by atoms with Crippen molar-refractivity contribution in [2.75, 3.05) is 13.2 Å². The number of rotatable bonds is 16. The van der Waals surface area contributed by atoms with Gasteiger partial charge in [-0.1, -0.05) is 20.3 Å². The highest BCUT2D eigenvalue weighted by atomic mass is 16.4. The first-order chi connectivity index (χ1) is 15.0. The van der Waals surface area contributed by atoms with Crippen LogP contribution in [0.1, 0.15) is 46.0 Å². The van der Waals surface area contributed by atoms with E-state index in [0.29, 0.717) is 25.8 Å². The summed E-state index contributed by atoms with van der Waals surface area (Å²) in [7, 11) is 0. The van der Waals surface area contributed by atoms with Crippen molar-refractivity contribution in [1.82, 2.24) is 16.0 Å². The number of amides is 4. The van der Waals surface area contributed by atoms with Crippen LogP contribution >= 0.6 is 0 Å². The third-order valence-corrected chi connectivity index (χ3v) is 4.93. The van der Waals surface area contributed by atoms with Crippen molar-refractivity contribution in [3.05, 3.63) is 0 Å². The second kappa shape index (κ2) is 15.1. The van der Waals surface area contributed by atoms with Crippen molar-refractivity contribution >= 4 is 29.6 Å². The fourth-order valence-electron chi connectivity index (χ4n) is 2.75.